The zero-order chi connectivity index (χ0) is 12.0. The van der Waals surface area contributed by atoms with E-state index in [0.717, 1.165) is 24.2 Å². The number of hydrogen-bond donors (Lipinski definition) is 3. The SMILES string of the molecule is CCc1c(N)ncnc1NC(CC)CCO. The molecule has 0 aliphatic heterocycles. The molecule has 0 bridgehead atoms. The maximum absolute atomic E-state index is 8.93. The second-order valence-corrected chi connectivity index (χ2v) is 3.70. The highest BCUT2D eigenvalue weighted by Crippen LogP contribution is 2.19. The molecule has 4 N–H and O–H groups in total. The van der Waals surface area contributed by atoms with Crippen molar-refractivity contribution in [1.82, 2.24) is 9.97 Å². The van der Waals surface area contributed by atoms with Gasteiger partial charge in [-0.1, -0.05) is 13.8 Å². The van der Waals surface area contributed by atoms with Crippen LogP contribution in [0.2, 0.25) is 0 Å². The molecule has 1 unspecified atom stereocenters. The van der Waals surface area contributed by atoms with Gasteiger partial charge in [0.05, 0.1) is 0 Å². The summed E-state index contributed by atoms with van der Waals surface area (Å²) in [5.41, 5.74) is 6.73. The quantitative estimate of drug-likeness (QED) is 0.676. The van der Waals surface area contributed by atoms with E-state index in [1.54, 1.807) is 0 Å². The second kappa shape index (κ2) is 6.27. The molecule has 1 heterocycles. The lowest BCUT2D eigenvalue weighted by Gasteiger charge is -2.18. The molecule has 0 saturated heterocycles. The summed E-state index contributed by atoms with van der Waals surface area (Å²) < 4.78 is 0. The molecule has 0 aliphatic carbocycles. The van der Waals surface area contributed by atoms with E-state index in [2.05, 4.69) is 22.2 Å². The van der Waals surface area contributed by atoms with Crippen molar-refractivity contribution >= 4 is 11.6 Å². The number of hydrogen-bond acceptors (Lipinski definition) is 5. The van der Waals surface area contributed by atoms with Crippen LogP contribution in [0, 0.1) is 0 Å². The molecule has 0 fully saturated rings. The van der Waals surface area contributed by atoms with Gasteiger partial charge in [0, 0.05) is 18.2 Å². The van der Waals surface area contributed by atoms with Crippen molar-refractivity contribution < 1.29 is 5.11 Å². The molecule has 16 heavy (non-hydrogen) atoms. The maximum atomic E-state index is 8.93. The third kappa shape index (κ3) is 3.06. The predicted octanol–water partition coefficient (Wildman–Crippen LogP) is 1.19. The Hall–Kier alpha value is -1.36. The molecule has 0 saturated carbocycles. The first-order valence-corrected chi connectivity index (χ1v) is 5.69. The van der Waals surface area contributed by atoms with E-state index in [1.165, 1.54) is 6.33 Å². The van der Waals surface area contributed by atoms with E-state index in [-0.39, 0.29) is 12.6 Å². The summed E-state index contributed by atoms with van der Waals surface area (Å²) in [6, 6.07) is 0.226. The molecular weight excluding hydrogens is 204 g/mol. The highest BCUT2D eigenvalue weighted by atomic mass is 16.3. The van der Waals surface area contributed by atoms with Crippen molar-refractivity contribution in [2.24, 2.45) is 0 Å². The molecule has 1 atom stereocenters. The largest absolute Gasteiger partial charge is 0.396 e. The average Bonchev–Trinajstić information content (AvgIpc) is 2.28. The number of aliphatic hydroxyl groups excluding tert-OH is 1. The Kier molecular flexibility index (Phi) is 4.98. The van der Waals surface area contributed by atoms with Crippen LogP contribution in [0.5, 0.6) is 0 Å². The topological polar surface area (TPSA) is 84.1 Å². The minimum Gasteiger partial charge on any atom is -0.396 e. The van der Waals surface area contributed by atoms with Crippen LogP contribution in [0.3, 0.4) is 0 Å². The second-order valence-electron chi connectivity index (χ2n) is 3.70. The first-order chi connectivity index (χ1) is 7.72. The van der Waals surface area contributed by atoms with E-state index in [0.29, 0.717) is 12.2 Å². The molecule has 0 radical (unpaired) electrons. The summed E-state index contributed by atoms with van der Waals surface area (Å²) in [6.45, 7) is 4.27. The molecule has 90 valence electrons. The van der Waals surface area contributed by atoms with Crippen LogP contribution in [-0.2, 0) is 6.42 Å². The number of nitrogen functional groups attached to an aromatic ring is 1. The molecule has 1 aromatic heterocycles. The van der Waals surface area contributed by atoms with Gasteiger partial charge < -0.3 is 16.2 Å². The van der Waals surface area contributed by atoms with E-state index in [9.17, 15) is 0 Å². The van der Waals surface area contributed by atoms with Crippen LogP contribution in [-0.4, -0.2) is 27.7 Å². The van der Waals surface area contributed by atoms with Gasteiger partial charge in [-0.25, -0.2) is 9.97 Å². The molecule has 1 rings (SSSR count). The van der Waals surface area contributed by atoms with Crippen molar-refractivity contribution in [3.63, 3.8) is 0 Å². The van der Waals surface area contributed by atoms with E-state index in [1.807, 2.05) is 6.92 Å². The number of nitrogens with zero attached hydrogens (tertiary/aromatic N) is 2. The number of anilines is 2. The third-order valence-corrected chi connectivity index (χ3v) is 2.64. The summed E-state index contributed by atoms with van der Waals surface area (Å²) >= 11 is 0. The normalized spacial score (nSPS) is 12.4. The zero-order valence-corrected chi connectivity index (χ0v) is 9.90. The lowest BCUT2D eigenvalue weighted by atomic mass is 10.1. The molecule has 5 heteroatoms. The van der Waals surface area contributed by atoms with Gasteiger partial charge >= 0.3 is 0 Å². The maximum Gasteiger partial charge on any atom is 0.134 e. The van der Waals surface area contributed by atoms with Gasteiger partial charge in [0.2, 0.25) is 0 Å². The monoisotopic (exact) mass is 224 g/mol. The van der Waals surface area contributed by atoms with Crippen molar-refractivity contribution in [2.75, 3.05) is 17.7 Å². The molecule has 0 spiro atoms. The lowest BCUT2D eigenvalue weighted by molar-refractivity contribution is 0.278. The van der Waals surface area contributed by atoms with E-state index in [4.69, 9.17) is 10.8 Å². The van der Waals surface area contributed by atoms with Gasteiger partial charge in [-0.15, -0.1) is 0 Å². The van der Waals surface area contributed by atoms with Gasteiger partial charge in [-0.3, -0.25) is 0 Å². The predicted molar refractivity (Wildman–Crippen MR) is 65.2 cm³/mol. The van der Waals surface area contributed by atoms with Gasteiger partial charge in [0.1, 0.15) is 18.0 Å². The van der Waals surface area contributed by atoms with Crippen molar-refractivity contribution in [3.8, 4) is 0 Å². The number of aromatic nitrogens is 2. The fourth-order valence-corrected chi connectivity index (χ4v) is 1.63. The summed E-state index contributed by atoms with van der Waals surface area (Å²) in [7, 11) is 0. The van der Waals surface area contributed by atoms with Crippen molar-refractivity contribution in [1.29, 1.82) is 0 Å². The molecular formula is C11H20N4O. The lowest BCUT2D eigenvalue weighted by Crippen LogP contribution is -2.22. The molecule has 0 aromatic carbocycles. The molecule has 0 aliphatic rings. The highest BCUT2D eigenvalue weighted by Gasteiger charge is 2.11. The number of nitrogens with one attached hydrogen (secondary N) is 1. The number of nitrogens with two attached hydrogens (primary N) is 1. The average molecular weight is 224 g/mol. The Bertz CT molecular complexity index is 330. The Balaban J connectivity index is 2.82. The van der Waals surface area contributed by atoms with Gasteiger partial charge in [0.25, 0.3) is 0 Å². The Morgan fingerprint density at radius 2 is 2.19 bits per heavy atom. The first-order valence-electron chi connectivity index (χ1n) is 5.69. The Labute approximate surface area is 96.1 Å². The van der Waals surface area contributed by atoms with E-state index < -0.39 is 0 Å². The molecule has 0 amide bonds. The van der Waals surface area contributed by atoms with Crippen LogP contribution < -0.4 is 11.1 Å². The summed E-state index contributed by atoms with van der Waals surface area (Å²) in [6.07, 6.45) is 3.91. The van der Waals surface area contributed by atoms with Crippen LogP contribution in [0.25, 0.3) is 0 Å². The van der Waals surface area contributed by atoms with Crippen molar-refractivity contribution in [2.45, 2.75) is 39.2 Å². The minimum absolute atomic E-state index is 0.174. The van der Waals surface area contributed by atoms with Crippen LogP contribution in [0.4, 0.5) is 11.6 Å². The minimum atomic E-state index is 0.174. The fourth-order valence-electron chi connectivity index (χ4n) is 1.63. The van der Waals surface area contributed by atoms with Gasteiger partial charge in [-0.05, 0) is 19.3 Å². The summed E-state index contributed by atoms with van der Waals surface area (Å²) in [5.74, 6) is 1.31. The standard InChI is InChI=1S/C11H20N4O/c1-3-8(5-6-16)15-11-9(4-2)10(12)13-7-14-11/h7-8,16H,3-6H2,1-2H3,(H3,12,13,14,15). The summed E-state index contributed by atoms with van der Waals surface area (Å²) in [5, 5.41) is 12.2. The Morgan fingerprint density at radius 1 is 1.44 bits per heavy atom. The van der Waals surface area contributed by atoms with E-state index >= 15 is 0 Å². The van der Waals surface area contributed by atoms with Crippen molar-refractivity contribution in [3.05, 3.63) is 11.9 Å². The third-order valence-electron chi connectivity index (χ3n) is 2.64. The van der Waals surface area contributed by atoms with Crippen LogP contribution >= 0.6 is 0 Å². The molecule has 1 aromatic rings. The summed E-state index contributed by atoms with van der Waals surface area (Å²) in [4.78, 5) is 8.16. The van der Waals surface area contributed by atoms with Crippen LogP contribution in [0.1, 0.15) is 32.3 Å². The molecule has 5 nitrogen and oxygen atoms in total. The van der Waals surface area contributed by atoms with Crippen LogP contribution in [0.15, 0.2) is 6.33 Å². The van der Waals surface area contributed by atoms with Gasteiger partial charge in [0.15, 0.2) is 0 Å². The zero-order valence-electron chi connectivity index (χ0n) is 9.90. The van der Waals surface area contributed by atoms with Gasteiger partial charge in [-0.2, -0.15) is 0 Å². The smallest absolute Gasteiger partial charge is 0.134 e. The number of rotatable bonds is 6. The Morgan fingerprint density at radius 3 is 2.75 bits per heavy atom. The first kappa shape index (κ1) is 12.7. The number of aliphatic hydroxyl groups is 1. The highest BCUT2D eigenvalue weighted by molar-refractivity contribution is 5.55. The fraction of sp³-hybridized carbons (Fsp3) is 0.636.